The van der Waals surface area contributed by atoms with E-state index in [0.29, 0.717) is 24.5 Å². The van der Waals surface area contributed by atoms with Gasteiger partial charge in [-0.3, -0.25) is 9.59 Å². The van der Waals surface area contributed by atoms with Crippen molar-refractivity contribution in [2.45, 2.75) is 24.8 Å². The molecule has 0 aliphatic carbocycles. The first-order valence-corrected chi connectivity index (χ1v) is 11.5. The molecule has 0 aliphatic rings. The minimum atomic E-state index is -3.94. The number of amides is 2. The topological polar surface area (TPSA) is 114 Å². The SMILES string of the molecule is COCCCN(CC(=O)NCc1ccccc1OC)S(=O)(=O)c1ccc(NC(C)=O)cc1. The Bertz CT molecular complexity index is 1010. The summed E-state index contributed by atoms with van der Waals surface area (Å²) in [6.45, 7) is 1.71. The van der Waals surface area contributed by atoms with Crippen LogP contribution < -0.4 is 15.4 Å². The average Bonchev–Trinajstić information content (AvgIpc) is 2.77. The zero-order chi connectivity index (χ0) is 23.6. The quantitative estimate of drug-likeness (QED) is 0.466. The predicted octanol–water partition coefficient (Wildman–Crippen LogP) is 2.00. The molecule has 2 aromatic rings. The van der Waals surface area contributed by atoms with E-state index in [1.165, 1.54) is 38.3 Å². The van der Waals surface area contributed by atoms with Crippen LogP contribution in [0.15, 0.2) is 53.4 Å². The summed E-state index contributed by atoms with van der Waals surface area (Å²) in [5.74, 6) is -0.0584. The van der Waals surface area contributed by atoms with Gasteiger partial charge in [-0.2, -0.15) is 4.31 Å². The van der Waals surface area contributed by atoms with Crippen LogP contribution in [0.4, 0.5) is 5.69 Å². The number of nitrogens with one attached hydrogen (secondary N) is 2. The Kier molecular flexibility index (Phi) is 9.63. The van der Waals surface area contributed by atoms with Gasteiger partial charge in [0, 0.05) is 45.0 Å². The van der Waals surface area contributed by atoms with Gasteiger partial charge < -0.3 is 20.1 Å². The first-order valence-electron chi connectivity index (χ1n) is 10.0. The van der Waals surface area contributed by atoms with Gasteiger partial charge in [-0.1, -0.05) is 18.2 Å². The highest BCUT2D eigenvalue weighted by molar-refractivity contribution is 7.89. The van der Waals surface area contributed by atoms with Crippen LogP contribution in [0.3, 0.4) is 0 Å². The maximum Gasteiger partial charge on any atom is 0.243 e. The maximum atomic E-state index is 13.2. The van der Waals surface area contributed by atoms with E-state index in [1.807, 2.05) is 18.2 Å². The molecule has 0 unspecified atom stereocenters. The molecule has 32 heavy (non-hydrogen) atoms. The summed E-state index contributed by atoms with van der Waals surface area (Å²) in [6, 6.07) is 13.1. The molecule has 2 N–H and O–H groups in total. The second kappa shape index (κ2) is 12.2. The Morgan fingerprint density at radius 2 is 1.72 bits per heavy atom. The lowest BCUT2D eigenvalue weighted by Crippen LogP contribution is -2.41. The second-order valence-corrected chi connectivity index (χ2v) is 8.92. The van der Waals surface area contributed by atoms with Crippen molar-refractivity contribution in [1.29, 1.82) is 0 Å². The third-order valence-electron chi connectivity index (χ3n) is 4.56. The van der Waals surface area contributed by atoms with Crippen molar-refractivity contribution in [3.63, 3.8) is 0 Å². The number of para-hydroxylation sites is 1. The molecule has 9 nitrogen and oxygen atoms in total. The van der Waals surface area contributed by atoms with Crippen LogP contribution in [0.1, 0.15) is 18.9 Å². The second-order valence-electron chi connectivity index (χ2n) is 6.98. The summed E-state index contributed by atoms with van der Waals surface area (Å²) >= 11 is 0. The number of benzene rings is 2. The highest BCUT2D eigenvalue weighted by atomic mass is 32.2. The number of methoxy groups -OCH3 is 2. The Morgan fingerprint density at radius 3 is 2.34 bits per heavy atom. The normalized spacial score (nSPS) is 11.2. The van der Waals surface area contributed by atoms with Gasteiger partial charge in [-0.05, 0) is 36.8 Å². The number of carbonyl (C=O) groups is 2. The number of sulfonamides is 1. The number of nitrogens with zero attached hydrogens (tertiary/aromatic N) is 1. The first kappa shape index (κ1) is 25.3. The van der Waals surface area contributed by atoms with E-state index in [4.69, 9.17) is 9.47 Å². The molecule has 174 valence electrons. The van der Waals surface area contributed by atoms with Gasteiger partial charge in [-0.15, -0.1) is 0 Å². The molecule has 0 spiro atoms. The number of hydrogen-bond acceptors (Lipinski definition) is 6. The van der Waals surface area contributed by atoms with E-state index >= 15 is 0 Å². The van der Waals surface area contributed by atoms with E-state index in [9.17, 15) is 18.0 Å². The largest absolute Gasteiger partial charge is 0.496 e. The molecular formula is C22H29N3O6S. The van der Waals surface area contributed by atoms with Crippen molar-refractivity contribution in [3.05, 3.63) is 54.1 Å². The zero-order valence-electron chi connectivity index (χ0n) is 18.5. The maximum absolute atomic E-state index is 13.2. The molecule has 0 heterocycles. The highest BCUT2D eigenvalue weighted by Crippen LogP contribution is 2.19. The molecular weight excluding hydrogens is 434 g/mol. The van der Waals surface area contributed by atoms with Crippen LogP contribution in [0.25, 0.3) is 0 Å². The van der Waals surface area contributed by atoms with Gasteiger partial charge in [0.2, 0.25) is 21.8 Å². The molecule has 0 aromatic heterocycles. The van der Waals surface area contributed by atoms with Gasteiger partial charge in [0.25, 0.3) is 0 Å². The van der Waals surface area contributed by atoms with Gasteiger partial charge in [0.05, 0.1) is 18.6 Å². The molecule has 2 rings (SSSR count). The predicted molar refractivity (Wildman–Crippen MR) is 121 cm³/mol. The van der Waals surface area contributed by atoms with Crippen LogP contribution >= 0.6 is 0 Å². The Hall–Kier alpha value is -2.95. The van der Waals surface area contributed by atoms with E-state index in [1.54, 1.807) is 13.2 Å². The van der Waals surface area contributed by atoms with Crippen LogP contribution in [0.5, 0.6) is 5.75 Å². The highest BCUT2D eigenvalue weighted by Gasteiger charge is 2.26. The average molecular weight is 464 g/mol. The van der Waals surface area contributed by atoms with Gasteiger partial charge in [0.1, 0.15) is 5.75 Å². The van der Waals surface area contributed by atoms with Gasteiger partial charge in [0.15, 0.2) is 0 Å². The number of anilines is 1. The summed E-state index contributed by atoms with van der Waals surface area (Å²) in [5.41, 5.74) is 1.27. The smallest absolute Gasteiger partial charge is 0.243 e. The third-order valence-corrected chi connectivity index (χ3v) is 6.42. The monoisotopic (exact) mass is 463 g/mol. The molecule has 0 bridgehead atoms. The van der Waals surface area contributed by atoms with E-state index in [-0.39, 0.29) is 30.4 Å². The summed E-state index contributed by atoms with van der Waals surface area (Å²) in [4.78, 5) is 23.8. The number of ether oxygens (including phenoxy) is 2. The Morgan fingerprint density at radius 1 is 1.03 bits per heavy atom. The summed E-state index contributed by atoms with van der Waals surface area (Å²) in [7, 11) is -0.867. The van der Waals surface area contributed by atoms with Crippen molar-refractivity contribution in [2.24, 2.45) is 0 Å². The van der Waals surface area contributed by atoms with Crippen LogP contribution in [-0.2, 0) is 30.9 Å². The van der Waals surface area contributed by atoms with E-state index in [2.05, 4.69) is 10.6 Å². The molecule has 0 aliphatic heterocycles. The summed E-state index contributed by atoms with van der Waals surface area (Å²) in [6.07, 6.45) is 0.430. The van der Waals surface area contributed by atoms with Crippen molar-refractivity contribution >= 4 is 27.5 Å². The number of hydrogen-bond donors (Lipinski definition) is 2. The molecule has 0 saturated heterocycles. The zero-order valence-corrected chi connectivity index (χ0v) is 19.3. The fourth-order valence-electron chi connectivity index (χ4n) is 2.99. The standard InChI is InChI=1S/C22H29N3O6S/c1-17(26)24-19-9-11-20(12-10-19)32(28,29)25(13-6-14-30-2)16-22(27)23-15-18-7-4-5-8-21(18)31-3/h4-5,7-12H,6,13-16H2,1-3H3,(H,23,27)(H,24,26). The van der Waals surface area contributed by atoms with Crippen molar-refractivity contribution in [3.8, 4) is 5.75 Å². The van der Waals surface area contributed by atoms with Crippen molar-refractivity contribution in [2.75, 3.05) is 39.2 Å². The first-order chi connectivity index (χ1) is 15.3. The molecule has 10 heteroatoms. The molecule has 0 atom stereocenters. The fraction of sp³-hybridized carbons (Fsp3) is 0.364. The molecule has 2 amide bonds. The Balaban J connectivity index is 2.13. The molecule has 2 aromatic carbocycles. The minimum Gasteiger partial charge on any atom is -0.496 e. The van der Waals surface area contributed by atoms with Crippen LogP contribution in [-0.4, -0.2) is 58.5 Å². The minimum absolute atomic E-state index is 0.0292. The summed E-state index contributed by atoms with van der Waals surface area (Å²) in [5, 5.41) is 5.34. The van der Waals surface area contributed by atoms with Crippen molar-refractivity contribution < 1.29 is 27.5 Å². The van der Waals surface area contributed by atoms with Crippen LogP contribution in [0.2, 0.25) is 0 Å². The molecule has 0 saturated carbocycles. The molecule has 0 fully saturated rings. The Labute approximate surface area is 188 Å². The van der Waals surface area contributed by atoms with Crippen LogP contribution in [0, 0.1) is 0 Å². The number of rotatable bonds is 12. The van der Waals surface area contributed by atoms with Crippen molar-refractivity contribution in [1.82, 2.24) is 9.62 Å². The molecule has 0 radical (unpaired) electrons. The van der Waals surface area contributed by atoms with E-state index in [0.717, 1.165) is 9.87 Å². The third kappa shape index (κ3) is 7.33. The van der Waals surface area contributed by atoms with Gasteiger partial charge >= 0.3 is 0 Å². The lowest BCUT2D eigenvalue weighted by Gasteiger charge is -2.22. The fourth-order valence-corrected chi connectivity index (χ4v) is 4.43. The van der Waals surface area contributed by atoms with Gasteiger partial charge in [-0.25, -0.2) is 8.42 Å². The summed E-state index contributed by atoms with van der Waals surface area (Å²) < 4.78 is 37.8. The lowest BCUT2D eigenvalue weighted by molar-refractivity contribution is -0.121. The van der Waals surface area contributed by atoms with E-state index < -0.39 is 15.9 Å². The number of carbonyl (C=O) groups excluding carboxylic acids is 2. The lowest BCUT2D eigenvalue weighted by atomic mass is 10.2.